The fraction of sp³-hybridized carbons (Fsp3) is 0.438. The van der Waals surface area contributed by atoms with Crippen LogP contribution in [0.1, 0.15) is 23.2 Å². The van der Waals surface area contributed by atoms with Crippen molar-refractivity contribution in [3.63, 3.8) is 0 Å². The van der Waals surface area contributed by atoms with Crippen molar-refractivity contribution in [2.75, 3.05) is 12.4 Å². The number of methoxy groups -OCH3 is 1. The maximum Gasteiger partial charge on any atom is 0.340 e. The third kappa shape index (κ3) is 2.76. The van der Waals surface area contributed by atoms with E-state index in [0.29, 0.717) is 5.00 Å². The van der Waals surface area contributed by atoms with Crippen molar-refractivity contribution in [1.82, 2.24) is 0 Å². The molecule has 6 nitrogen and oxygen atoms in total. The Kier molecular flexibility index (Phi) is 4.21. The van der Waals surface area contributed by atoms with Gasteiger partial charge in [0.1, 0.15) is 5.00 Å². The van der Waals surface area contributed by atoms with Gasteiger partial charge in [-0.25, -0.2) is 4.79 Å². The van der Waals surface area contributed by atoms with E-state index < -0.39 is 23.8 Å². The smallest absolute Gasteiger partial charge is 0.340 e. The predicted molar refractivity (Wildman–Crippen MR) is 84.3 cm³/mol. The van der Waals surface area contributed by atoms with Crippen LogP contribution in [0.25, 0.3) is 0 Å². The molecule has 1 heterocycles. The lowest BCUT2D eigenvalue weighted by molar-refractivity contribution is -0.151. The Hall–Kier alpha value is -2.15. The van der Waals surface area contributed by atoms with Crippen LogP contribution in [0.3, 0.4) is 0 Å². The Bertz CT molecular complexity index is 680. The quantitative estimate of drug-likeness (QED) is 0.651. The summed E-state index contributed by atoms with van der Waals surface area (Å²) in [5.41, 5.74) is 0.286. The van der Waals surface area contributed by atoms with Crippen LogP contribution in [0.15, 0.2) is 23.6 Å². The maximum absolute atomic E-state index is 12.7. The number of hydrogen-bond acceptors (Lipinski definition) is 5. The normalized spacial score (nSPS) is 28.4. The molecular formula is C16H17NO5S. The summed E-state index contributed by atoms with van der Waals surface area (Å²) in [6.07, 6.45) is 5.49. The van der Waals surface area contributed by atoms with Gasteiger partial charge in [-0.2, -0.15) is 0 Å². The summed E-state index contributed by atoms with van der Waals surface area (Å²) in [4.78, 5) is 36.0. The number of amides is 1. The summed E-state index contributed by atoms with van der Waals surface area (Å²) in [6.45, 7) is 0. The van der Waals surface area contributed by atoms with Gasteiger partial charge in [-0.15, -0.1) is 11.3 Å². The van der Waals surface area contributed by atoms with Crippen LogP contribution in [-0.4, -0.2) is 30.1 Å². The number of esters is 1. The summed E-state index contributed by atoms with van der Waals surface area (Å²) < 4.78 is 4.68. The molecule has 4 rings (SSSR count). The first-order chi connectivity index (χ1) is 11.0. The van der Waals surface area contributed by atoms with Crippen LogP contribution in [-0.2, 0) is 14.3 Å². The average Bonchev–Trinajstić information content (AvgIpc) is 3.02. The van der Waals surface area contributed by atoms with E-state index in [-0.39, 0.29) is 23.3 Å². The Balaban J connectivity index is 1.83. The van der Waals surface area contributed by atoms with Gasteiger partial charge in [-0.1, -0.05) is 12.2 Å². The molecule has 23 heavy (non-hydrogen) atoms. The van der Waals surface area contributed by atoms with Gasteiger partial charge in [0.15, 0.2) is 0 Å². The van der Waals surface area contributed by atoms with Crippen LogP contribution in [0, 0.1) is 23.7 Å². The lowest BCUT2D eigenvalue weighted by atomic mass is 9.62. The number of ether oxygens (including phenoxy) is 1. The second-order valence-corrected chi connectivity index (χ2v) is 6.74. The fourth-order valence-corrected chi connectivity index (χ4v) is 4.34. The largest absolute Gasteiger partial charge is 0.481 e. The standard InChI is InChI=1S/C16H17NO5S/c1-22-16(21)10-6-7-23-14(10)17-13(18)11-8-2-4-9(5-3-8)12(11)15(19)20/h2,4,6-9,11-12H,3,5H2,1H3,(H,17,18)(H,19,20)/t8-,9-,11-,12-/m0/s1. The van der Waals surface area contributed by atoms with Crippen LogP contribution in [0.5, 0.6) is 0 Å². The summed E-state index contributed by atoms with van der Waals surface area (Å²) >= 11 is 1.22. The first kappa shape index (κ1) is 15.7. The number of rotatable bonds is 4. The van der Waals surface area contributed by atoms with E-state index >= 15 is 0 Å². The first-order valence-electron chi connectivity index (χ1n) is 7.40. The van der Waals surface area contributed by atoms with Crippen molar-refractivity contribution in [2.24, 2.45) is 23.7 Å². The molecule has 0 saturated heterocycles. The number of carbonyl (C=O) groups excluding carboxylic acids is 2. The van der Waals surface area contributed by atoms with Gasteiger partial charge in [0.25, 0.3) is 0 Å². The summed E-state index contributed by atoms with van der Waals surface area (Å²) in [7, 11) is 1.27. The van der Waals surface area contributed by atoms with Crippen LogP contribution < -0.4 is 5.32 Å². The summed E-state index contributed by atoms with van der Waals surface area (Å²) in [6, 6.07) is 1.58. The van der Waals surface area contributed by atoms with Crippen molar-refractivity contribution in [3.05, 3.63) is 29.2 Å². The number of carbonyl (C=O) groups is 3. The third-order valence-electron chi connectivity index (χ3n) is 4.64. The van der Waals surface area contributed by atoms with Crippen molar-refractivity contribution in [3.8, 4) is 0 Å². The third-order valence-corrected chi connectivity index (χ3v) is 5.47. The van der Waals surface area contributed by atoms with Crippen LogP contribution >= 0.6 is 11.3 Å². The fourth-order valence-electron chi connectivity index (χ4n) is 3.56. The Labute approximate surface area is 137 Å². The Morgan fingerprint density at radius 3 is 2.43 bits per heavy atom. The van der Waals surface area contributed by atoms with Crippen LogP contribution in [0.4, 0.5) is 5.00 Å². The van der Waals surface area contributed by atoms with E-state index in [4.69, 9.17) is 0 Å². The molecule has 7 heteroatoms. The number of thiophene rings is 1. The molecule has 0 aliphatic heterocycles. The zero-order chi connectivity index (χ0) is 16.6. The molecule has 2 bridgehead atoms. The minimum absolute atomic E-state index is 0.0670. The molecule has 3 aliphatic carbocycles. The van der Waals surface area contributed by atoms with E-state index in [9.17, 15) is 19.5 Å². The molecule has 3 aliphatic rings. The van der Waals surface area contributed by atoms with Gasteiger partial charge < -0.3 is 15.2 Å². The van der Waals surface area contributed by atoms with Crippen molar-refractivity contribution < 1.29 is 24.2 Å². The highest BCUT2D eigenvalue weighted by atomic mass is 32.1. The minimum Gasteiger partial charge on any atom is -0.481 e. The molecule has 1 fully saturated rings. The lowest BCUT2D eigenvalue weighted by Gasteiger charge is -2.41. The van der Waals surface area contributed by atoms with Gasteiger partial charge >= 0.3 is 11.9 Å². The van der Waals surface area contributed by atoms with Crippen molar-refractivity contribution >= 4 is 34.2 Å². The first-order valence-corrected chi connectivity index (χ1v) is 8.28. The minimum atomic E-state index is -0.941. The highest BCUT2D eigenvalue weighted by Crippen LogP contribution is 2.45. The number of hydrogen-bond donors (Lipinski definition) is 2. The van der Waals surface area contributed by atoms with Gasteiger partial charge in [0.05, 0.1) is 24.5 Å². The van der Waals surface area contributed by atoms with Gasteiger partial charge in [-0.05, 0) is 36.1 Å². The van der Waals surface area contributed by atoms with E-state index in [2.05, 4.69) is 10.1 Å². The van der Waals surface area contributed by atoms with E-state index in [0.717, 1.165) is 12.8 Å². The summed E-state index contributed by atoms with van der Waals surface area (Å²) in [5, 5.41) is 14.3. The maximum atomic E-state index is 12.7. The van der Waals surface area contributed by atoms with Crippen molar-refractivity contribution in [2.45, 2.75) is 12.8 Å². The predicted octanol–water partition coefficient (Wildman–Crippen LogP) is 2.39. The number of nitrogens with one attached hydrogen (secondary N) is 1. The molecule has 0 unspecified atom stereocenters. The zero-order valence-corrected chi connectivity index (χ0v) is 13.3. The molecule has 122 valence electrons. The molecule has 1 saturated carbocycles. The molecule has 2 N–H and O–H groups in total. The molecule has 1 amide bonds. The molecule has 4 atom stereocenters. The number of anilines is 1. The summed E-state index contributed by atoms with van der Waals surface area (Å²) in [5.74, 6) is -3.29. The number of carboxylic acids is 1. The molecular weight excluding hydrogens is 318 g/mol. The van der Waals surface area contributed by atoms with Gasteiger partial charge in [-0.3, -0.25) is 9.59 Å². The lowest BCUT2D eigenvalue weighted by Crippen LogP contribution is -2.47. The van der Waals surface area contributed by atoms with Gasteiger partial charge in [0.2, 0.25) is 5.91 Å². The molecule has 0 radical (unpaired) electrons. The highest BCUT2D eigenvalue weighted by Gasteiger charge is 2.48. The van der Waals surface area contributed by atoms with E-state index in [1.807, 2.05) is 12.2 Å². The Morgan fingerprint density at radius 1 is 1.22 bits per heavy atom. The zero-order valence-electron chi connectivity index (χ0n) is 12.5. The van der Waals surface area contributed by atoms with Crippen LogP contribution in [0.2, 0.25) is 0 Å². The van der Waals surface area contributed by atoms with Crippen molar-refractivity contribution in [1.29, 1.82) is 0 Å². The van der Waals surface area contributed by atoms with E-state index in [1.165, 1.54) is 18.4 Å². The number of carboxylic acid groups (broad SMARTS) is 1. The number of allylic oxidation sites excluding steroid dienone is 2. The van der Waals surface area contributed by atoms with Gasteiger partial charge in [0, 0.05) is 0 Å². The SMILES string of the molecule is COC(=O)c1ccsc1NC(=O)[C@@H]1[C@@H](C(=O)O)[C@H]2C=C[C@H]1CC2. The average molecular weight is 335 g/mol. The molecule has 1 aromatic rings. The van der Waals surface area contributed by atoms with E-state index in [1.54, 1.807) is 11.4 Å². The topological polar surface area (TPSA) is 92.7 Å². The number of aliphatic carboxylic acids is 1. The molecule has 0 aromatic carbocycles. The Morgan fingerprint density at radius 2 is 1.87 bits per heavy atom. The molecule has 1 aromatic heterocycles. The highest BCUT2D eigenvalue weighted by molar-refractivity contribution is 7.14. The second kappa shape index (κ2) is 6.16. The monoisotopic (exact) mass is 335 g/mol. The second-order valence-electron chi connectivity index (χ2n) is 5.82. The number of fused-ring (bicyclic) bond motifs is 2. The molecule has 0 spiro atoms.